The summed E-state index contributed by atoms with van der Waals surface area (Å²) < 4.78 is 22.5. The summed E-state index contributed by atoms with van der Waals surface area (Å²) in [6, 6.07) is 2.96. The zero-order valence-electron chi connectivity index (χ0n) is 29.4. The summed E-state index contributed by atoms with van der Waals surface area (Å²) in [6.07, 6.45) is 12.8. The molecular weight excluding hydrogens is 756 g/mol. The van der Waals surface area contributed by atoms with E-state index in [1.165, 1.54) is 23.9 Å². The van der Waals surface area contributed by atoms with Gasteiger partial charge in [0.1, 0.15) is 25.6 Å². The van der Waals surface area contributed by atoms with E-state index in [2.05, 4.69) is 40.0 Å². The number of nitrogen functional groups attached to an aromatic ring is 1. The summed E-state index contributed by atoms with van der Waals surface area (Å²) >= 11 is 13.5. The van der Waals surface area contributed by atoms with Crippen LogP contribution in [0.25, 0.3) is 5.69 Å². The van der Waals surface area contributed by atoms with Gasteiger partial charge in [-0.25, -0.2) is 4.79 Å². The van der Waals surface area contributed by atoms with Gasteiger partial charge in [0.2, 0.25) is 11.0 Å². The van der Waals surface area contributed by atoms with Crippen molar-refractivity contribution in [3.8, 4) is 23.8 Å². The molecule has 0 radical (unpaired) electrons. The van der Waals surface area contributed by atoms with Crippen LogP contribution < -0.4 is 32.1 Å². The van der Waals surface area contributed by atoms with Crippen LogP contribution in [0, 0.1) is 12.3 Å². The molecule has 0 aliphatic carbocycles. The molecule has 0 saturated carbocycles. The maximum atomic E-state index is 12.0. The summed E-state index contributed by atoms with van der Waals surface area (Å²) in [5.41, 5.74) is -0.328. The van der Waals surface area contributed by atoms with Gasteiger partial charge in [0.05, 0.1) is 47.3 Å². The Morgan fingerprint density at radius 3 is 2.14 bits per heavy atom. The number of hydrogen-bond acceptors (Lipinski definition) is 13. The maximum absolute atomic E-state index is 12.0. The van der Waals surface area contributed by atoms with Crippen molar-refractivity contribution in [1.29, 1.82) is 0 Å². The molecule has 1 unspecified atom stereocenters. The lowest BCUT2D eigenvalue weighted by Gasteiger charge is -2.16. The lowest BCUT2D eigenvalue weighted by molar-refractivity contribution is -0.193. The Balaban J connectivity index is 0.000000735. The summed E-state index contributed by atoms with van der Waals surface area (Å²) in [7, 11) is -3.71. The van der Waals surface area contributed by atoms with Gasteiger partial charge in [0.15, 0.2) is 0 Å². The number of halogens is 2. The van der Waals surface area contributed by atoms with Gasteiger partial charge in [-0.2, -0.15) is 9.36 Å². The van der Waals surface area contributed by atoms with Gasteiger partial charge in [-0.05, 0) is 23.2 Å². The Morgan fingerprint density at radius 1 is 1.16 bits per heavy atom. The van der Waals surface area contributed by atoms with E-state index < -0.39 is 37.6 Å². The van der Waals surface area contributed by atoms with Crippen molar-refractivity contribution in [2.24, 2.45) is 0 Å². The van der Waals surface area contributed by atoms with E-state index in [1.807, 2.05) is 46.9 Å². The largest absolute Gasteiger partial charge is 0.778 e. The van der Waals surface area contributed by atoms with Gasteiger partial charge >= 0.3 is 11.7 Å². The van der Waals surface area contributed by atoms with Crippen LogP contribution in [0.1, 0.15) is 53.1 Å². The molecule has 2 aromatic heterocycles. The van der Waals surface area contributed by atoms with E-state index in [1.54, 1.807) is 6.26 Å². The molecule has 0 aliphatic heterocycles. The topological polar surface area (TPSA) is 241 Å². The van der Waals surface area contributed by atoms with Crippen LogP contribution in [-0.2, 0) is 31.1 Å². The first-order valence-corrected chi connectivity index (χ1v) is 20.4. The number of nitrogens with zero attached hydrogens (tertiary/aromatic N) is 5. The normalized spacial score (nSPS) is 12.2. The van der Waals surface area contributed by atoms with Crippen molar-refractivity contribution in [1.82, 2.24) is 30.0 Å². The number of thioether (sulfide) groups is 1. The SMILES string of the molecule is C#CCOc1cc(-n2nc(C(C)(C)C)oc2=O)c(Cl)cc1Cl.CSc1nnc(C(C)(C)C)c(=O)n1N.C[S+](C)C.O=C(O)CNCP(=O)([O-])O. The van der Waals surface area contributed by atoms with Crippen LogP contribution in [-0.4, -0.2) is 85.1 Å². The zero-order valence-corrected chi connectivity index (χ0v) is 33.5. The second-order valence-corrected chi connectivity index (χ2v) is 18.0. The number of nitrogens with one attached hydrogen (secondary N) is 1. The van der Waals surface area contributed by atoms with Gasteiger partial charge in [-0.1, -0.05) is 82.4 Å². The highest BCUT2D eigenvalue weighted by atomic mass is 35.5. The molecule has 3 rings (SSSR count). The number of aliphatic carboxylic acids is 1. The number of hydrogen-bond donors (Lipinski definition) is 4. The molecule has 5 N–H and O–H groups in total. The monoisotopic (exact) mass is 799 g/mol. The number of carboxylic acid groups (broad SMARTS) is 1. The van der Waals surface area contributed by atoms with Crippen molar-refractivity contribution in [2.75, 3.05) is 50.3 Å². The molecule has 1 atom stereocenters. The average Bonchev–Trinajstić information content (AvgIpc) is 3.35. The Bertz CT molecular complexity index is 1770. The number of carboxylic acids is 1. The zero-order chi connectivity index (χ0) is 39.2. The van der Waals surface area contributed by atoms with Gasteiger partial charge in [-0.15, -0.1) is 21.7 Å². The fraction of sp³-hybridized carbons (Fsp3) is 0.517. The van der Waals surface area contributed by atoms with Crippen molar-refractivity contribution in [3.05, 3.63) is 54.7 Å². The second kappa shape index (κ2) is 20.7. The van der Waals surface area contributed by atoms with Crippen molar-refractivity contribution in [3.63, 3.8) is 0 Å². The van der Waals surface area contributed by atoms with Crippen LogP contribution in [0.4, 0.5) is 0 Å². The van der Waals surface area contributed by atoms with E-state index in [9.17, 15) is 23.8 Å². The standard InChI is InChI=1S/C15H14Cl2N2O3.C8H14N4OS.C3H8NO5P.C3H9S/c1-5-6-21-12-8-11(9(16)7-10(12)17)19-14(20)22-13(18-19)15(2,3)4;1-8(2,3)5-6(13)12(9)7(14-4)11-10-5;5-3(6)1-4-2-10(7,8)9;1-4(2)3/h1,7-8H,6H2,2-4H3;9H2,1-4H3;4H,1-2H2,(H,5,6)(H2,7,8,9);1-3H3/q;;;+1/p-1. The minimum absolute atomic E-state index is 0.0434. The predicted octanol–water partition coefficient (Wildman–Crippen LogP) is 2.47. The minimum Gasteiger partial charge on any atom is -0.778 e. The molecule has 3 aromatic rings. The van der Waals surface area contributed by atoms with Crippen LogP contribution in [0.15, 0.2) is 31.3 Å². The Kier molecular flexibility index (Phi) is 19.5. The van der Waals surface area contributed by atoms with E-state index in [-0.39, 0.29) is 27.6 Å². The summed E-state index contributed by atoms with van der Waals surface area (Å²) in [4.78, 5) is 51.5. The highest BCUT2D eigenvalue weighted by Gasteiger charge is 2.24. The third-order valence-electron chi connectivity index (χ3n) is 5.07. The Hall–Kier alpha value is -3.01. The van der Waals surface area contributed by atoms with E-state index in [0.29, 0.717) is 39.1 Å². The molecule has 280 valence electrons. The number of ether oxygens (including phenoxy) is 1. The molecular formula is C29H44Cl2N7O9PS2. The maximum Gasteiger partial charge on any atom is 0.442 e. The Morgan fingerprint density at radius 2 is 1.72 bits per heavy atom. The second-order valence-electron chi connectivity index (χ2n) is 12.4. The molecule has 0 saturated heterocycles. The van der Waals surface area contributed by atoms with Gasteiger partial charge in [-0.3, -0.25) is 14.9 Å². The molecule has 21 heteroatoms. The van der Waals surface area contributed by atoms with Gasteiger partial charge in [0, 0.05) is 16.9 Å². The van der Waals surface area contributed by atoms with Gasteiger partial charge in [0.25, 0.3) is 5.56 Å². The van der Waals surface area contributed by atoms with E-state index in [0.717, 1.165) is 9.36 Å². The third kappa shape index (κ3) is 17.3. The van der Waals surface area contributed by atoms with E-state index >= 15 is 0 Å². The molecule has 0 amide bonds. The smallest absolute Gasteiger partial charge is 0.442 e. The van der Waals surface area contributed by atoms with Crippen molar-refractivity contribution < 1.29 is 33.4 Å². The summed E-state index contributed by atoms with van der Waals surface area (Å²) in [6.45, 7) is 10.9. The fourth-order valence-corrected chi connectivity index (χ4v) is 4.26. The minimum atomic E-state index is -4.35. The molecule has 0 spiro atoms. The summed E-state index contributed by atoms with van der Waals surface area (Å²) in [5.74, 6) is 6.71. The number of aromatic nitrogens is 5. The van der Waals surface area contributed by atoms with E-state index in [4.69, 9.17) is 54.6 Å². The molecule has 0 bridgehead atoms. The first-order chi connectivity index (χ1) is 22.8. The van der Waals surface area contributed by atoms with Crippen LogP contribution >= 0.6 is 42.6 Å². The van der Waals surface area contributed by atoms with Crippen molar-refractivity contribution in [2.45, 2.75) is 57.5 Å². The molecule has 0 aliphatic rings. The quantitative estimate of drug-likeness (QED) is 0.0841. The van der Waals surface area contributed by atoms with Gasteiger partial charge < -0.3 is 34.5 Å². The fourth-order valence-electron chi connectivity index (χ4n) is 2.94. The highest BCUT2D eigenvalue weighted by Crippen LogP contribution is 2.33. The molecule has 50 heavy (non-hydrogen) atoms. The molecule has 0 fully saturated rings. The molecule has 2 heterocycles. The average molecular weight is 801 g/mol. The highest BCUT2D eigenvalue weighted by molar-refractivity contribution is 7.98. The summed E-state index contributed by atoms with van der Waals surface area (Å²) in [5, 5.41) is 22.9. The first kappa shape index (κ1) is 47.0. The number of terminal acetylenes is 1. The van der Waals surface area contributed by atoms with Crippen LogP contribution in [0.5, 0.6) is 5.75 Å². The number of benzene rings is 1. The predicted molar refractivity (Wildman–Crippen MR) is 198 cm³/mol. The first-order valence-electron chi connectivity index (χ1n) is 14.2. The number of nitrogens with two attached hydrogens (primary N) is 1. The number of rotatable bonds is 8. The van der Waals surface area contributed by atoms with Crippen LogP contribution in [0.2, 0.25) is 10.0 Å². The molecule has 16 nitrogen and oxygen atoms in total. The molecule has 1 aromatic carbocycles. The lowest BCUT2D eigenvalue weighted by atomic mass is 9.93. The van der Waals surface area contributed by atoms with Crippen LogP contribution in [0.3, 0.4) is 0 Å². The Labute approximate surface area is 308 Å². The lowest BCUT2D eigenvalue weighted by Crippen LogP contribution is -2.37. The number of carbonyl (C=O) groups is 1. The third-order valence-corrected chi connectivity index (χ3v) is 6.94. The van der Waals surface area contributed by atoms with Crippen molar-refractivity contribution >= 4 is 59.4 Å².